The number of anilines is 3. The summed E-state index contributed by atoms with van der Waals surface area (Å²) < 4.78 is 6.54. The van der Waals surface area contributed by atoms with Gasteiger partial charge in [-0.1, -0.05) is 146 Å². The van der Waals surface area contributed by atoms with E-state index in [9.17, 15) is 0 Å². The number of benzene rings is 9. The Bertz CT molecular complexity index is 2890. The summed E-state index contributed by atoms with van der Waals surface area (Å²) in [5.41, 5.74) is 9.78. The maximum atomic E-state index is 6.54. The highest BCUT2D eigenvalue weighted by Gasteiger charge is 2.22. The third-order valence-corrected chi connectivity index (χ3v) is 10.0. The maximum Gasteiger partial charge on any atom is 0.136 e. The van der Waals surface area contributed by atoms with Crippen LogP contribution in [0.1, 0.15) is 0 Å². The van der Waals surface area contributed by atoms with Gasteiger partial charge in [0, 0.05) is 27.4 Å². The lowest BCUT2D eigenvalue weighted by atomic mass is 9.95. The van der Waals surface area contributed by atoms with Crippen LogP contribution in [0.15, 0.2) is 192 Å². The van der Waals surface area contributed by atoms with Crippen LogP contribution in [0, 0.1) is 0 Å². The van der Waals surface area contributed by atoms with E-state index in [1.807, 2.05) is 0 Å². The first-order valence-electron chi connectivity index (χ1n) is 17.1. The van der Waals surface area contributed by atoms with Crippen LogP contribution in [0.5, 0.6) is 0 Å². The fourth-order valence-corrected chi connectivity index (χ4v) is 7.73. The van der Waals surface area contributed by atoms with Gasteiger partial charge in [-0.3, -0.25) is 0 Å². The lowest BCUT2D eigenvalue weighted by Gasteiger charge is -2.29. The Labute approximate surface area is 290 Å². The van der Waals surface area contributed by atoms with Crippen molar-refractivity contribution in [2.24, 2.45) is 0 Å². The molecule has 0 atom stereocenters. The predicted octanol–water partition coefficient (Wildman–Crippen LogP) is 13.8. The van der Waals surface area contributed by atoms with E-state index in [4.69, 9.17) is 4.42 Å². The fraction of sp³-hybridized carbons (Fsp3) is 0. The molecule has 10 aromatic rings. The fourth-order valence-electron chi connectivity index (χ4n) is 7.73. The molecule has 0 aliphatic rings. The number of nitrogens with zero attached hydrogens (tertiary/aromatic N) is 1. The Balaban J connectivity index is 1.24. The second-order valence-electron chi connectivity index (χ2n) is 12.9. The second-order valence-corrected chi connectivity index (χ2v) is 12.9. The van der Waals surface area contributed by atoms with Crippen molar-refractivity contribution in [3.8, 4) is 22.3 Å². The lowest BCUT2D eigenvalue weighted by Crippen LogP contribution is -2.12. The minimum atomic E-state index is 0.886. The van der Waals surface area contributed by atoms with Gasteiger partial charge in [0.1, 0.15) is 11.2 Å². The largest absolute Gasteiger partial charge is 0.456 e. The topological polar surface area (TPSA) is 16.4 Å². The third kappa shape index (κ3) is 4.57. The summed E-state index contributed by atoms with van der Waals surface area (Å²) in [4.78, 5) is 2.43. The molecule has 2 heteroatoms. The van der Waals surface area contributed by atoms with Gasteiger partial charge in [-0.05, 0) is 86.1 Å². The summed E-state index contributed by atoms with van der Waals surface area (Å²) in [6.07, 6.45) is 0. The van der Waals surface area contributed by atoms with Crippen molar-refractivity contribution in [2.45, 2.75) is 0 Å². The molecule has 0 amide bonds. The van der Waals surface area contributed by atoms with E-state index in [1.165, 1.54) is 43.4 Å². The van der Waals surface area contributed by atoms with Crippen LogP contribution in [0.4, 0.5) is 17.1 Å². The zero-order valence-electron chi connectivity index (χ0n) is 27.3. The van der Waals surface area contributed by atoms with Crippen molar-refractivity contribution in [2.75, 3.05) is 4.90 Å². The van der Waals surface area contributed by atoms with Gasteiger partial charge in [0.15, 0.2) is 0 Å². The molecule has 50 heavy (non-hydrogen) atoms. The van der Waals surface area contributed by atoms with E-state index >= 15 is 0 Å². The Kier molecular flexibility index (Phi) is 6.53. The average Bonchev–Trinajstić information content (AvgIpc) is 3.55. The molecule has 0 aliphatic heterocycles. The molecule has 10 rings (SSSR count). The van der Waals surface area contributed by atoms with Crippen LogP contribution in [0.3, 0.4) is 0 Å². The smallest absolute Gasteiger partial charge is 0.136 e. The normalized spacial score (nSPS) is 11.6. The molecule has 1 aromatic heterocycles. The third-order valence-electron chi connectivity index (χ3n) is 10.0. The lowest BCUT2D eigenvalue weighted by molar-refractivity contribution is 0.669. The van der Waals surface area contributed by atoms with Crippen molar-refractivity contribution in [1.82, 2.24) is 0 Å². The van der Waals surface area contributed by atoms with Crippen LogP contribution in [0.25, 0.3) is 76.5 Å². The van der Waals surface area contributed by atoms with Gasteiger partial charge in [0.05, 0.1) is 11.4 Å². The molecule has 0 saturated carbocycles. The summed E-state index contributed by atoms with van der Waals surface area (Å²) in [6.45, 7) is 0. The Hall–Kier alpha value is -6.64. The minimum Gasteiger partial charge on any atom is -0.456 e. The standard InChI is InChI=1S/C48H31NO/c1-2-16-35-31-47-43(30-34(35)15-1)48-42(25-12-28-46(48)50-47)41-23-7-8-26-45(41)49(44-27-11-18-33-14-4-6-22-40(33)44)37-20-9-19-36(29-37)39-24-10-17-32-13-3-5-21-38(32)39/h1-31H. The minimum absolute atomic E-state index is 0.886. The van der Waals surface area contributed by atoms with Gasteiger partial charge in [-0.25, -0.2) is 0 Å². The van der Waals surface area contributed by atoms with Crippen molar-refractivity contribution < 1.29 is 4.42 Å². The Morgan fingerprint density at radius 2 is 0.920 bits per heavy atom. The highest BCUT2D eigenvalue weighted by molar-refractivity contribution is 6.17. The Morgan fingerprint density at radius 3 is 1.78 bits per heavy atom. The van der Waals surface area contributed by atoms with E-state index in [2.05, 4.69) is 193 Å². The second kappa shape index (κ2) is 11.5. The first kappa shape index (κ1) is 28.4. The van der Waals surface area contributed by atoms with Crippen LogP contribution in [-0.4, -0.2) is 0 Å². The highest BCUT2D eigenvalue weighted by Crippen LogP contribution is 2.47. The predicted molar refractivity (Wildman–Crippen MR) is 212 cm³/mol. The van der Waals surface area contributed by atoms with Crippen LogP contribution < -0.4 is 4.90 Å². The number of furan rings is 1. The van der Waals surface area contributed by atoms with Crippen LogP contribution in [-0.2, 0) is 0 Å². The van der Waals surface area contributed by atoms with Crippen LogP contribution >= 0.6 is 0 Å². The average molecular weight is 638 g/mol. The monoisotopic (exact) mass is 637 g/mol. The van der Waals surface area contributed by atoms with Crippen molar-refractivity contribution >= 4 is 71.3 Å². The van der Waals surface area contributed by atoms with E-state index in [-0.39, 0.29) is 0 Å². The van der Waals surface area contributed by atoms with E-state index < -0.39 is 0 Å². The van der Waals surface area contributed by atoms with Gasteiger partial charge in [-0.2, -0.15) is 0 Å². The zero-order valence-corrected chi connectivity index (χ0v) is 27.3. The molecule has 234 valence electrons. The van der Waals surface area contributed by atoms with E-state index in [1.54, 1.807) is 0 Å². The number of hydrogen-bond donors (Lipinski definition) is 0. The quantitative estimate of drug-likeness (QED) is 0.187. The SMILES string of the molecule is c1cc(-c2cccc3ccccc23)cc(N(c2ccccc2-c2cccc3oc4cc5ccccc5cc4c23)c2cccc3ccccc23)c1. The van der Waals surface area contributed by atoms with Crippen molar-refractivity contribution in [3.05, 3.63) is 188 Å². The molecule has 0 radical (unpaired) electrons. The number of para-hydroxylation sites is 1. The molecule has 1 heterocycles. The van der Waals surface area contributed by atoms with Crippen molar-refractivity contribution in [3.63, 3.8) is 0 Å². The summed E-state index contributed by atoms with van der Waals surface area (Å²) in [5.74, 6) is 0. The van der Waals surface area contributed by atoms with Crippen LogP contribution in [0.2, 0.25) is 0 Å². The highest BCUT2D eigenvalue weighted by atomic mass is 16.3. The maximum absolute atomic E-state index is 6.54. The zero-order chi connectivity index (χ0) is 33.0. The molecule has 0 N–H and O–H groups in total. The number of rotatable bonds is 5. The summed E-state index contributed by atoms with van der Waals surface area (Å²) in [7, 11) is 0. The van der Waals surface area contributed by atoms with Gasteiger partial charge in [0.25, 0.3) is 0 Å². The molecule has 0 bridgehead atoms. The van der Waals surface area contributed by atoms with Gasteiger partial charge in [-0.15, -0.1) is 0 Å². The molecule has 0 unspecified atom stereocenters. The molecule has 2 nitrogen and oxygen atoms in total. The molecule has 0 spiro atoms. The van der Waals surface area contributed by atoms with Gasteiger partial charge >= 0.3 is 0 Å². The van der Waals surface area contributed by atoms with Gasteiger partial charge < -0.3 is 9.32 Å². The number of fused-ring (bicyclic) bond motifs is 6. The first-order valence-corrected chi connectivity index (χ1v) is 17.1. The molecule has 9 aromatic carbocycles. The first-order chi connectivity index (χ1) is 24.8. The number of hydrogen-bond acceptors (Lipinski definition) is 2. The Morgan fingerprint density at radius 1 is 0.340 bits per heavy atom. The molecule has 0 fully saturated rings. The van der Waals surface area contributed by atoms with E-state index in [0.717, 1.165) is 50.1 Å². The molecule has 0 saturated heterocycles. The molecule has 0 aliphatic carbocycles. The van der Waals surface area contributed by atoms with Gasteiger partial charge in [0.2, 0.25) is 0 Å². The summed E-state index contributed by atoms with van der Waals surface area (Å²) in [5, 5.41) is 9.51. The van der Waals surface area contributed by atoms with E-state index in [0.29, 0.717) is 0 Å². The summed E-state index contributed by atoms with van der Waals surface area (Å²) in [6, 6.07) is 67.6. The van der Waals surface area contributed by atoms with Crippen molar-refractivity contribution in [1.29, 1.82) is 0 Å². The molecular formula is C48H31NO. The molecular weight excluding hydrogens is 607 g/mol. The summed E-state index contributed by atoms with van der Waals surface area (Å²) >= 11 is 0.